The second-order valence-electron chi connectivity index (χ2n) is 10.6. The van der Waals surface area contributed by atoms with Gasteiger partial charge in [0.05, 0.1) is 56.4 Å². The van der Waals surface area contributed by atoms with Gasteiger partial charge in [0.15, 0.2) is 11.4 Å². The van der Waals surface area contributed by atoms with Crippen LogP contribution in [0.15, 0.2) is 43.5 Å². The number of halogens is 6. The van der Waals surface area contributed by atoms with E-state index < -0.39 is 0 Å². The fourth-order valence-corrected chi connectivity index (χ4v) is 3.74. The highest BCUT2D eigenvalue weighted by Crippen LogP contribution is 2.19. The predicted molar refractivity (Wildman–Crippen MR) is 218 cm³/mol. The monoisotopic (exact) mass is 1290 g/mol. The molecule has 44 heavy (non-hydrogen) atoms. The van der Waals surface area contributed by atoms with Gasteiger partial charge < -0.3 is 67.6 Å². The summed E-state index contributed by atoms with van der Waals surface area (Å²) in [7, 11) is 31.6. The number of hydrogen-bond acceptors (Lipinski definition) is 2. The Morgan fingerprint density at radius 1 is 0.477 bits per heavy atom. The smallest absolute Gasteiger partial charge is 0.389 e. The van der Waals surface area contributed by atoms with Crippen LogP contribution in [-0.4, -0.2) is 187 Å². The summed E-state index contributed by atoms with van der Waals surface area (Å²) in [5.74, 6) is 3.14. The van der Waals surface area contributed by atoms with Crippen molar-refractivity contribution >= 4 is 110 Å². The van der Waals surface area contributed by atoms with E-state index in [1.54, 1.807) is 0 Å². The first-order valence-electron chi connectivity index (χ1n) is 12.7. The number of guanidine groups is 4. The molecular weight excluding hydrogens is 1240 g/mol. The molecule has 0 heterocycles. The van der Waals surface area contributed by atoms with Crippen molar-refractivity contribution in [1.82, 2.24) is 29.4 Å². The molecule has 0 aromatic heterocycles. The molecule has 0 saturated heterocycles. The van der Waals surface area contributed by atoms with E-state index in [4.69, 9.17) is 20.0 Å². The van der Waals surface area contributed by atoms with E-state index in [9.17, 15) is 0 Å². The molecule has 1 rings (SSSR count). The van der Waals surface area contributed by atoms with Crippen molar-refractivity contribution in [3.8, 4) is 0 Å². The summed E-state index contributed by atoms with van der Waals surface area (Å²) in [6.07, 6.45) is 3.92. The van der Waals surface area contributed by atoms with Crippen LogP contribution in [-0.2, 0) is 0 Å². The predicted octanol–water partition coefficient (Wildman–Crippen LogP) is -2.46. The molecule has 18 heteroatoms. The van der Waals surface area contributed by atoms with E-state index in [-0.39, 0.29) is 48.0 Å². The van der Waals surface area contributed by atoms with Crippen molar-refractivity contribution in [2.45, 2.75) is 0 Å². The third-order valence-corrected chi connectivity index (χ3v) is 5.15. The molecule has 0 N–H and O–H groups in total. The molecule has 0 aliphatic heterocycles. The van der Waals surface area contributed by atoms with Crippen LogP contribution in [0.5, 0.6) is 0 Å². The van der Waals surface area contributed by atoms with Gasteiger partial charge in [-0.15, -0.1) is 0 Å². The Kier molecular flexibility index (Phi) is 31.2. The van der Waals surface area contributed by atoms with E-state index in [2.05, 4.69) is 74.5 Å². The Morgan fingerprint density at radius 3 is 0.864 bits per heavy atom. The molecule has 0 aromatic rings. The normalized spacial score (nSPS) is 13.0. The molecule has 0 radical (unpaired) electrons. The minimum absolute atomic E-state index is 0. The maximum Gasteiger partial charge on any atom is 0.389 e. The summed E-state index contributed by atoms with van der Waals surface area (Å²) in [4.78, 5) is 32.0. The molecule has 0 aromatic carbocycles. The number of aliphatic imine (C=N–C) groups is 4. The van der Waals surface area contributed by atoms with Crippen LogP contribution in [0, 0.1) is 0 Å². The van der Waals surface area contributed by atoms with Crippen LogP contribution in [0.3, 0.4) is 0 Å². The average molecular weight is 1290 g/mol. The second kappa shape index (κ2) is 26.6. The van der Waals surface area contributed by atoms with Gasteiger partial charge in [0, 0.05) is 143 Å². The Bertz CT molecular complexity index is 1020. The largest absolute Gasteiger partial charge is 1.00 e. The molecule has 0 saturated carbocycles. The van der Waals surface area contributed by atoms with Crippen molar-refractivity contribution in [3.05, 3.63) is 23.5 Å². The lowest BCUT2D eigenvalue weighted by Crippen LogP contribution is -3.00. The van der Waals surface area contributed by atoms with Gasteiger partial charge in [-0.05, 0) is 0 Å². The standard InChI is InChI=1S/C26H50N12.2I2.2HI/c1-31(2)23(32(3)4)27-19-17-21(29-25(35(9)10)36(11)12)22(30-26(37(13)14)38(15)16)18-20(19)28-24(33(5)6)34(7)8;2*1-2;;/h17-18H,1-16H3;;;2*1H/q+2;;;;/p-2. The summed E-state index contributed by atoms with van der Waals surface area (Å²) in [5, 5.41) is 0. The third-order valence-electron chi connectivity index (χ3n) is 5.15. The zero-order chi connectivity index (χ0) is 33.5. The summed E-state index contributed by atoms with van der Waals surface area (Å²) < 4.78 is 3.95. The van der Waals surface area contributed by atoms with E-state index in [0.717, 1.165) is 23.8 Å². The van der Waals surface area contributed by atoms with Crippen molar-refractivity contribution in [3.63, 3.8) is 0 Å². The minimum atomic E-state index is 0. The maximum atomic E-state index is 5.04. The SMILES string of the molecule is CN(C)C(=NC1=CC(=N\C(N(C)C)=[N+](C)C)/C(N=C(N(C)C)N(C)C)=CC/1=N\C(N(C)C)=[N+](C)C)N(C)C.II.II.[I-].[I-]. The molecule has 1 aliphatic carbocycles. The lowest BCUT2D eigenvalue weighted by molar-refractivity contribution is -0.470. The quantitative estimate of drug-likeness (QED) is 0.101. The van der Waals surface area contributed by atoms with Crippen LogP contribution in [0.25, 0.3) is 0 Å². The first kappa shape index (κ1) is 51.5. The van der Waals surface area contributed by atoms with Gasteiger partial charge >= 0.3 is 11.9 Å². The van der Waals surface area contributed by atoms with E-state index >= 15 is 0 Å². The average Bonchev–Trinajstić information content (AvgIpc) is 2.88. The molecule has 12 nitrogen and oxygen atoms in total. The van der Waals surface area contributed by atoms with Crippen LogP contribution in [0.4, 0.5) is 0 Å². The Balaban J connectivity index is -0.00000128. The molecule has 256 valence electrons. The van der Waals surface area contributed by atoms with Crippen molar-refractivity contribution < 1.29 is 57.1 Å². The summed E-state index contributed by atoms with van der Waals surface area (Å²) in [6, 6.07) is 0. The van der Waals surface area contributed by atoms with Crippen molar-refractivity contribution in [2.75, 3.05) is 113 Å². The van der Waals surface area contributed by atoms with Gasteiger partial charge in [0.1, 0.15) is 11.4 Å². The van der Waals surface area contributed by atoms with Crippen LogP contribution >= 0.6 is 74.5 Å². The van der Waals surface area contributed by atoms with Gasteiger partial charge in [-0.2, -0.15) is 0 Å². The first-order valence-corrected chi connectivity index (χ1v) is 25.2. The van der Waals surface area contributed by atoms with Crippen LogP contribution in [0.2, 0.25) is 0 Å². The van der Waals surface area contributed by atoms with Gasteiger partial charge in [0.2, 0.25) is 11.9 Å². The Hall–Kier alpha value is 0.680. The van der Waals surface area contributed by atoms with E-state index in [0.29, 0.717) is 22.8 Å². The lowest BCUT2D eigenvalue weighted by Gasteiger charge is -2.24. The van der Waals surface area contributed by atoms with Gasteiger partial charge in [-0.3, -0.25) is 19.0 Å². The fraction of sp³-hybridized carbons (Fsp3) is 0.615. The molecule has 0 atom stereocenters. The zero-order valence-corrected chi connectivity index (χ0v) is 41.7. The van der Waals surface area contributed by atoms with E-state index in [1.807, 2.05) is 163 Å². The molecule has 0 bridgehead atoms. The molecule has 0 fully saturated rings. The molecule has 0 unspecified atom stereocenters. The molecule has 1 aliphatic rings. The highest BCUT2D eigenvalue weighted by Gasteiger charge is 2.28. The lowest BCUT2D eigenvalue weighted by atomic mass is 10.1. The van der Waals surface area contributed by atoms with Crippen molar-refractivity contribution in [2.24, 2.45) is 20.0 Å². The minimum Gasteiger partial charge on any atom is -1.00 e. The highest BCUT2D eigenvalue weighted by atomic mass is 128. The number of rotatable bonds is 2. The number of allylic oxidation sites excluding steroid dienone is 2. The van der Waals surface area contributed by atoms with Crippen molar-refractivity contribution in [1.29, 1.82) is 0 Å². The molecule has 0 amide bonds. The number of hydrogen-bond donors (Lipinski definition) is 0. The van der Waals surface area contributed by atoms with Gasteiger partial charge in [0.25, 0.3) is 0 Å². The van der Waals surface area contributed by atoms with Crippen LogP contribution < -0.4 is 48.0 Å². The fourth-order valence-electron chi connectivity index (χ4n) is 3.74. The number of nitrogens with zero attached hydrogens (tertiary/aromatic N) is 12. The zero-order valence-electron chi connectivity index (χ0n) is 28.8. The Morgan fingerprint density at radius 2 is 0.705 bits per heavy atom. The summed E-state index contributed by atoms with van der Waals surface area (Å²) in [5.41, 5.74) is 2.76. The molecule has 0 spiro atoms. The van der Waals surface area contributed by atoms with Crippen LogP contribution in [0.1, 0.15) is 0 Å². The maximum absolute atomic E-state index is 5.04. The summed E-state index contributed by atoms with van der Waals surface area (Å²) >= 11 is 8.48. The summed E-state index contributed by atoms with van der Waals surface area (Å²) in [6.45, 7) is 0. The second-order valence-corrected chi connectivity index (χ2v) is 10.6. The van der Waals surface area contributed by atoms with Gasteiger partial charge in [-0.25, -0.2) is 9.98 Å². The van der Waals surface area contributed by atoms with E-state index in [1.165, 1.54) is 0 Å². The highest BCUT2D eigenvalue weighted by molar-refractivity contribution is 15.0. The first-order chi connectivity index (χ1) is 19.5. The topological polar surface area (TPSA) is 74.9 Å². The van der Waals surface area contributed by atoms with Gasteiger partial charge in [-0.1, -0.05) is 9.98 Å². The third kappa shape index (κ3) is 17.7. The Labute approximate surface area is 347 Å². The molecular formula is C26H50I6N12.